The summed E-state index contributed by atoms with van der Waals surface area (Å²) in [4.78, 5) is 15.0. The normalized spacial score (nSPS) is 25.5. The fraction of sp³-hybridized carbons (Fsp3) is 0.417. The number of alkyl halides is 1. The number of halogens is 1. The van der Waals surface area contributed by atoms with Crippen molar-refractivity contribution in [2.24, 2.45) is 0 Å². The molecule has 1 fully saturated rings. The summed E-state index contributed by atoms with van der Waals surface area (Å²) in [5.74, 6) is -1.23. The fourth-order valence-corrected chi connectivity index (χ4v) is 2.55. The van der Waals surface area contributed by atoms with Crippen LogP contribution in [0.25, 0.3) is 5.52 Å². The van der Waals surface area contributed by atoms with Crippen LogP contribution in [0.2, 0.25) is 0 Å². The Morgan fingerprint density at radius 3 is 3.00 bits per heavy atom. The number of carbonyl (C=O) groups is 1. The third-order valence-corrected chi connectivity index (χ3v) is 3.49. The van der Waals surface area contributed by atoms with E-state index < -0.39 is 24.3 Å². The summed E-state index contributed by atoms with van der Waals surface area (Å²) in [5, 5.41) is 22.2. The summed E-state index contributed by atoms with van der Waals surface area (Å²) in [6.45, 7) is -0.302. The van der Waals surface area contributed by atoms with Crippen molar-refractivity contribution < 1.29 is 24.1 Å². The second-order valence-corrected chi connectivity index (χ2v) is 4.81. The Labute approximate surface area is 118 Å². The number of aliphatic hydroxyl groups is 1. The lowest BCUT2D eigenvalue weighted by Crippen LogP contribution is -2.13. The number of hydrogen-bond donors (Lipinski definition) is 3. The lowest BCUT2D eigenvalue weighted by atomic mass is 10.1. The molecule has 8 nitrogen and oxygen atoms in total. The van der Waals surface area contributed by atoms with Gasteiger partial charge in [0.05, 0.1) is 24.0 Å². The zero-order valence-electron chi connectivity index (χ0n) is 10.8. The van der Waals surface area contributed by atoms with Crippen molar-refractivity contribution in [2.75, 3.05) is 12.3 Å². The Bertz CT molecular complexity index is 704. The molecule has 0 aliphatic carbocycles. The highest BCUT2D eigenvalue weighted by Crippen LogP contribution is 2.37. The number of aromatic nitrogens is 3. The number of carboxylic acid groups (broad SMARTS) is 1. The number of rotatable bonds is 3. The summed E-state index contributed by atoms with van der Waals surface area (Å²) in [5.41, 5.74) is 5.90. The number of aromatic carboxylic acids is 1. The molecule has 3 rings (SSSR count). The lowest BCUT2D eigenvalue weighted by Gasteiger charge is -2.13. The number of nitrogens with two attached hydrogens (primary N) is 1. The molecule has 1 saturated heterocycles. The van der Waals surface area contributed by atoms with E-state index in [-0.39, 0.29) is 35.6 Å². The van der Waals surface area contributed by atoms with Crippen molar-refractivity contribution in [2.45, 2.75) is 24.8 Å². The predicted molar refractivity (Wildman–Crippen MR) is 68.6 cm³/mol. The molecular formula is C12H13FN4O4. The van der Waals surface area contributed by atoms with Crippen molar-refractivity contribution in [1.82, 2.24) is 14.6 Å². The number of ether oxygens (including phenoxy) is 1. The van der Waals surface area contributed by atoms with E-state index in [9.17, 15) is 14.3 Å². The third-order valence-electron chi connectivity index (χ3n) is 3.49. The van der Waals surface area contributed by atoms with Crippen molar-refractivity contribution in [3.8, 4) is 0 Å². The zero-order valence-corrected chi connectivity index (χ0v) is 10.8. The maximum atomic E-state index is 14.1. The third kappa shape index (κ3) is 2.10. The molecule has 2 aromatic heterocycles. The van der Waals surface area contributed by atoms with Crippen LogP contribution in [0.15, 0.2) is 12.4 Å². The van der Waals surface area contributed by atoms with Crippen LogP contribution in [-0.4, -0.2) is 49.7 Å². The largest absolute Gasteiger partial charge is 0.478 e. The first-order valence-corrected chi connectivity index (χ1v) is 6.28. The van der Waals surface area contributed by atoms with E-state index >= 15 is 0 Å². The Morgan fingerprint density at radius 2 is 2.38 bits per heavy atom. The van der Waals surface area contributed by atoms with Crippen LogP contribution in [-0.2, 0) is 4.74 Å². The molecule has 2 aromatic rings. The molecule has 0 unspecified atom stereocenters. The Hall–Kier alpha value is -2.26. The van der Waals surface area contributed by atoms with Gasteiger partial charge in [-0.3, -0.25) is 0 Å². The maximum Gasteiger partial charge on any atom is 0.338 e. The highest BCUT2D eigenvalue weighted by Gasteiger charge is 2.39. The summed E-state index contributed by atoms with van der Waals surface area (Å²) < 4.78 is 20.7. The van der Waals surface area contributed by atoms with Gasteiger partial charge in [-0.25, -0.2) is 18.7 Å². The first-order valence-electron chi connectivity index (χ1n) is 6.28. The molecule has 112 valence electrons. The van der Waals surface area contributed by atoms with Gasteiger partial charge < -0.3 is 20.7 Å². The number of carboxylic acids is 1. The zero-order chi connectivity index (χ0) is 15.1. The topological polar surface area (TPSA) is 123 Å². The number of nitrogen functional groups attached to an aromatic ring is 1. The SMILES string of the molecule is Nc1ncnn2c([C@@H]3O[C@H](CO)C[C@@H]3F)cc(C(=O)O)c12. The molecule has 1 aliphatic rings. The van der Waals surface area contributed by atoms with Crippen LogP contribution in [0, 0.1) is 0 Å². The molecule has 0 amide bonds. The standard InChI is InChI=1S/C12H13FN4O4/c13-7-1-5(3-18)21-10(7)8-2-6(12(19)20)9-11(14)15-4-16-17(8)9/h2,4-5,7,10,18H,1,3H2,(H,19,20)(H2,14,15,16)/t5-,7-,10+/m0/s1. The van der Waals surface area contributed by atoms with E-state index in [1.807, 2.05) is 0 Å². The predicted octanol–water partition coefficient (Wildman–Crippen LogP) is 0.170. The van der Waals surface area contributed by atoms with Gasteiger partial charge in [-0.1, -0.05) is 0 Å². The minimum Gasteiger partial charge on any atom is -0.478 e. The van der Waals surface area contributed by atoms with Crippen molar-refractivity contribution >= 4 is 17.3 Å². The first kappa shape index (κ1) is 13.7. The Kier molecular flexibility index (Phi) is 3.22. The van der Waals surface area contributed by atoms with Gasteiger partial charge in [-0.15, -0.1) is 0 Å². The van der Waals surface area contributed by atoms with Crippen LogP contribution in [0.3, 0.4) is 0 Å². The minimum atomic E-state index is -1.36. The molecule has 0 saturated carbocycles. The van der Waals surface area contributed by atoms with Crippen molar-refractivity contribution in [3.63, 3.8) is 0 Å². The lowest BCUT2D eigenvalue weighted by molar-refractivity contribution is -0.00200. The van der Waals surface area contributed by atoms with Gasteiger partial charge in [0, 0.05) is 6.42 Å². The highest BCUT2D eigenvalue weighted by molar-refractivity contribution is 5.99. The average Bonchev–Trinajstić information content (AvgIpc) is 3.00. The number of aliphatic hydroxyl groups excluding tert-OH is 1. The smallest absolute Gasteiger partial charge is 0.338 e. The molecule has 0 spiro atoms. The average molecular weight is 296 g/mol. The highest BCUT2D eigenvalue weighted by atomic mass is 19.1. The Morgan fingerprint density at radius 1 is 1.62 bits per heavy atom. The van der Waals surface area contributed by atoms with Crippen LogP contribution in [0.4, 0.5) is 10.2 Å². The van der Waals surface area contributed by atoms with Crippen LogP contribution < -0.4 is 5.73 Å². The van der Waals surface area contributed by atoms with Gasteiger partial charge in [-0.05, 0) is 6.07 Å². The van der Waals surface area contributed by atoms with Gasteiger partial charge in [0.25, 0.3) is 0 Å². The molecule has 0 radical (unpaired) electrons. The second kappa shape index (κ2) is 4.93. The van der Waals surface area contributed by atoms with E-state index in [1.165, 1.54) is 10.6 Å². The van der Waals surface area contributed by atoms with Crippen LogP contribution in [0.1, 0.15) is 28.6 Å². The summed E-state index contributed by atoms with van der Waals surface area (Å²) in [6.07, 6.45) is -1.79. The number of fused-ring (bicyclic) bond motifs is 1. The molecular weight excluding hydrogens is 283 g/mol. The van der Waals surface area contributed by atoms with Crippen LogP contribution >= 0.6 is 0 Å². The van der Waals surface area contributed by atoms with Crippen molar-refractivity contribution in [3.05, 3.63) is 23.7 Å². The minimum absolute atomic E-state index is 0.0132. The molecule has 0 aromatic carbocycles. The van der Waals surface area contributed by atoms with Crippen LogP contribution in [0.5, 0.6) is 0 Å². The summed E-state index contributed by atoms with van der Waals surface area (Å²) in [7, 11) is 0. The van der Waals surface area contributed by atoms with E-state index in [2.05, 4.69) is 10.1 Å². The molecule has 3 atom stereocenters. The van der Waals surface area contributed by atoms with E-state index in [4.69, 9.17) is 15.6 Å². The molecule has 21 heavy (non-hydrogen) atoms. The molecule has 9 heteroatoms. The second-order valence-electron chi connectivity index (χ2n) is 4.81. The van der Waals surface area contributed by atoms with Gasteiger partial charge >= 0.3 is 5.97 Å². The van der Waals surface area contributed by atoms with Gasteiger partial charge in [0.2, 0.25) is 0 Å². The maximum absolute atomic E-state index is 14.1. The van der Waals surface area contributed by atoms with Gasteiger partial charge in [0.15, 0.2) is 5.82 Å². The number of nitrogens with zero attached hydrogens (tertiary/aromatic N) is 3. The fourth-order valence-electron chi connectivity index (χ4n) is 2.55. The van der Waals surface area contributed by atoms with E-state index in [0.29, 0.717) is 0 Å². The monoisotopic (exact) mass is 296 g/mol. The van der Waals surface area contributed by atoms with E-state index in [1.54, 1.807) is 0 Å². The molecule has 3 heterocycles. The summed E-state index contributed by atoms with van der Waals surface area (Å²) in [6, 6.07) is 1.28. The number of anilines is 1. The van der Waals surface area contributed by atoms with Gasteiger partial charge in [-0.2, -0.15) is 5.10 Å². The Balaban J connectivity index is 2.16. The molecule has 1 aliphatic heterocycles. The summed E-state index contributed by atoms with van der Waals surface area (Å²) >= 11 is 0. The van der Waals surface area contributed by atoms with E-state index in [0.717, 1.165) is 6.33 Å². The quantitative estimate of drug-likeness (QED) is 0.737. The molecule has 4 N–H and O–H groups in total. The van der Waals surface area contributed by atoms with Crippen molar-refractivity contribution in [1.29, 1.82) is 0 Å². The molecule has 0 bridgehead atoms. The number of hydrogen-bond acceptors (Lipinski definition) is 6. The first-order chi connectivity index (χ1) is 10.0. The van der Waals surface area contributed by atoms with Gasteiger partial charge in [0.1, 0.15) is 24.1 Å².